The number of allylic oxidation sites excluding steroid dienone is 1. The number of nitrogens with zero attached hydrogens (tertiary/aromatic N) is 1. The van der Waals surface area contributed by atoms with Crippen LogP contribution in [0, 0.1) is 17.2 Å². The van der Waals surface area contributed by atoms with E-state index in [1.165, 1.54) is 0 Å². The molecule has 0 unspecified atom stereocenters. The summed E-state index contributed by atoms with van der Waals surface area (Å²) in [5.74, 6) is 1.48. The summed E-state index contributed by atoms with van der Waals surface area (Å²) < 4.78 is 10.8. The molecule has 0 radical (unpaired) electrons. The van der Waals surface area contributed by atoms with Crippen molar-refractivity contribution in [3.8, 4) is 17.6 Å². The molecule has 0 aromatic heterocycles. The van der Waals surface area contributed by atoms with Gasteiger partial charge in [0.05, 0.1) is 6.07 Å². The molecule has 3 aliphatic rings. The van der Waals surface area contributed by atoms with Gasteiger partial charge in [0.15, 0.2) is 11.5 Å². The molecule has 1 aromatic rings. The molecule has 0 spiro atoms. The highest BCUT2D eigenvalue weighted by atomic mass is 16.7. The molecular weight excluding hydrogens is 268 g/mol. The van der Waals surface area contributed by atoms with E-state index in [1.807, 2.05) is 6.07 Å². The average Bonchev–Trinajstić information content (AvgIpc) is 2.94. The predicted molar refractivity (Wildman–Crippen MR) is 74.0 cm³/mol. The van der Waals surface area contributed by atoms with Crippen molar-refractivity contribution < 1.29 is 14.3 Å². The van der Waals surface area contributed by atoms with Crippen LogP contribution >= 0.6 is 0 Å². The molecule has 4 rings (SSSR count). The maximum Gasteiger partial charge on any atom is 0.251 e. The second-order valence-electron chi connectivity index (χ2n) is 5.60. The summed E-state index contributed by atoms with van der Waals surface area (Å²) in [6.07, 6.45) is 5.51. The Balaban J connectivity index is 1.81. The molecule has 0 bridgehead atoms. The summed E-state index contributed by atoms with van der Waals surface area (Å²) in [5, 5.41) is 12.0. The van der Waals surface area contributed by atoms with Gasteiger partial charge in [0.1, 0.15) is 0 Å². The van der Waals surface area contributed by atoms with Crippen molar-refractivity contribution in [3.63, 3.8) is 0 Å². The van der Waals surface area contributed by atoms with Gasteiger partial charge >= 0.3 is 0 Å². The third kappa shape index (κ3) is 1.79. The van der Waals surface area contributed by atoms with Gasteiger partial charge in [-0.3, -0.25) is 4.79 Å². The number of carbonyl (C=O) groups is 1. The molecule has 5 heteroatoms. The number of hydrogen-bond acceptors (Lipinski definition) is 4. The van der Waals surface area contributed by atoms with Crippen molar-refractivity contribution in [1.82, 2.24) is 5.32 Å². The Morgan fingerprint density at radius 1 is 1.33 bits per heavy atom. The fourth-order valence-electron chi connectivity index (χ4n) is 3.45. The lowest BCUT2D eigenvalue weighted by Gasteiger charge is -2.39. The number of nitrogens with one attached hydrogen (secondary N) is 1. The van der Waals surface area contributed by atoms with Crippen LogP contribution in [-0.2, 0) is 0 Å². The Labute approximate surface area is 122 Å². The van der Waals surface area contributed by atoms with Crippen molar-refractivity contribution in [2.75, 3.05) is 6.79 Å². The van der Waals surface area contributed by atoms with Crippen molar-refractivity contribution in [2.45, 2.75) is 24.8 Å². The maximum atomic E-state index is 12.4. The van der Waals surface area contributed by atoms with Gasteiger partial charge in [0, 0.05) is 23.9 Å². The summed E-state index contributed by atoms with van der Waals surface area (Å²) in [7, 11) is 0. The van der Waals surface area contributed by atoms with E-state index in [1.54, 1.807) is 6.07 Å². The van der Waals surface area contributed by atoms with Crippen LogP contribution in [0.3, 0.4) is 0 Å². The van der Waals surface area contributed by atoms with Gasteiger partial charge in [-0.15, -0.1) is 0 Å². The third-order valence-electron chi connectivity index (χ3n) is 4.48. The summed E-state index contributed by atoms with van der Waals surface area (Å²) in [6.45, 7) is 0.195. The summed E-state index contributed by atoms with van der Waals surface area (Å²) in [4.78, 5) is 12.4. The van der Waals surface area contributed by atoms with E-state index in [-0.39, 0.29) is 30.6 Å². The first kappa shape index (κ1) is 12.3. The van der Waals surface area contributed by atoms with E-state index in [2.05, 4.69) is 23.5 Å². The lowest BCUT2D eigenvalue weighted by atomic mass is 9.73. The zero-order chi connectivity index (χ0) is 14.4. The minimum atomic E-state index is -0.0946. The number of amides is 1. The van der Waals surface area contributed by atoms with Gasteiger partial charge in [0.2, 0.25) is 6.79 Å². The Morgan fingerprint density at radius 2 is 2.14 bits per heavy atom. The number of benzene rings is 1. The van der Waals surface area contributed by atoms with Gasteiger partial charge in [-0.05, 0) is 30.0 Å². The zero-order valence-corrected chi connectivity index (χ0v) is 11.3. The first-order valence-corrected chi connectivity index (χ1v) is 7.06. The van der Waals surface area contributed by atoms with E-state index in [0.29, 0.717) is 23.5 Å². The van der Waals surface area contributed by atoms with Crippen molar-refractivity contribution in [2.24, 2.45) is 5.92 Å². The highest BCUT2D eigenvalue weighted by Crippen LogP contribution is 2.43. The van der Waals surface area contributed by atoms with Crippen molar-refractivity contribution in [1.29, 1.82) is 5.26 Å². The summed E-state index contributed by atoms with van der Waals surface area (Å²) in [6, 6.07) is 5.87. The topological polar surface area (TPSA) is 71.4 Å². The average molecular weight is 282 g/mol. The molecule has 1 N–H and O–H groups in total. The van der Waals surface area contributed by atoms with Gasteiger partial charge in [0.25, 0.3) is 5.91 Å². The van der Waals surface area contributed by atoms with Gasteiger partial charge in [-0.25, -0.2) is 0 Å². The van der Waals surface area contributed by atoms with E-state index < -0.39 is 0 Å². The lowest BCUT2D eigenvalue weighted by molar-refractivity contribution is 0.0897. The van der Waals surface area contributed by atoms with E-state index in [0.717, 1.165) is 12.0 Å². The normalized spacial score (nSPS) is 28.3. The van der Waals surface area contributed by atoms with Gasteiger partial charge in [-0.1, -0.05) is 12.2 Å². The highest BCUT2D eigenvalue weighted by molar-refractivity contribution is 5.98. The maximum absolute atomic E-state index is 12.4. The molecule has 1 aromatic carbocycles. The molecule has 5 nitrogen and oxygen atoms in total. The molecule has 1 amide bonds. The minimum Gasteiger partial charge on any atom is -0.454 e. The Hall–Kier alpha value is -2.48. The van der Waals surface area contributed by atoms with Crippen LogP contribution in [0.2, 0.25) is 0 Å². The SMILES string of the molecule is N#CC[C@@H]1CC=C[C@H]2c3cc4c(cc3C(=O)N[C@H]12)OCO4. The molecule has 1 aliphatic carbocycles. The molecule has 3 atom stereocenters. The van der Waals surface area contributed by atoms with Crippen LogP contribution < -0.4 is 14.8 Å². The van der Waals surface area contributed by atoms with Crippen LogP contribution in [0.4, 0.5) is 0 Å². The largest absolute Gasteiger partial charge is 0.454 e. The predicted octanol–water partition coefficient (Wildman–Crippen LogP) is 2.10. The van der Waals surface area contributed by atoms with Crippen LogP contribution in [0.15, 0.2) is 24.3 Å². The van der Waals surface area contributed by atoms with E-state index in [4.69, 9.17) is 14.7 Å². The number of nitriles is 1. The summed E-state index contributed by atoms with van der Waals surface area (Å²) >= 11 is 0. The van der Waals surface area contributed by atoms with E-state index in [9.17, 15) is 4.79 Å². The van der Waals surface area contributed by atoms with Crippen LogP contribution in [0.5, 0.6) is 11.5 Å². The zero-order valence-electron chi connectivity index (χ0n) is 11.3. The summed E-state index contributed by atoms with van der Waals surface area (Å²) in [5.41, 5.74) is 1.61. The monoisotopic (exact) mass is 282 g/mol. The Morgan fingerprint density at radius 3 is 2.95 bits per heavy atom. The number of fused-ring (bicyclic) bond motifs is 4. The fraction of sp³-hybridized carbons (Fsp3) is 0.375. The molecule has 2 aliphatic heterocycles. The highest BCUT2D eigenvalue weighted by Gasteiger charge is 2.39. The van der Waals surface area contributed by atoms with E-state index >= 15 is 0 Å². The van der Waals surface area contributed by atoms with Crippen LogP contribution in [0.25, 0.3) is 0 Å². The molecular formula is C16H14N2O3. The lowest BCUT2D eigenvalue weighted by Crippen LogP contribution is -2.49. The number of rotatable bonds is 1. The van der Waals surface area contributed by atoms with Crippen molar-refractivity contribution >= 4 is 5.91 Å². The van der Waals surface area contributed by atoms with Crippen molar-refractivity contribution in [3.05, 3.63) is 35.4 Å². The number of ether oxygens (including phenoxy) is 2. The molecule has 0 fully saturated rings. The first-order chi connectivity index (χ1) is 10.3. The molecule has 2 heterocycles. The third-order valence-corrected chi connectivity index (χ3v) is 4.48. The number of hydrogen-bond donors (Lipinski definition) is 1. The molecule has 0 saturated heterocycles. The standard InChI is InChI=1S/C16H14N2O3/c17-5-4-9-2-1-3-10-11-6-13-14(21-8-20-13)7-12(11)16(19)18-15(9)10/h1,3,6-7,9-10,15H,2,4,8H2,(H,18,19)/t9-,10-,15+/m0/s1. The minimum absolute atomic E-state index is 0.0185. The quantitative estimate of drug-likeness (QED) is 0.801. The molecule has 21 heavy (non-hydrogen) atoms. The Bertz CT molecular complexity index is 689. The first-order valence-electron chi connectivity index (χ1n) is 7.06. The van der Waals surface area contributed by atoms with Crippen LogP contribution in [0.1, 0.15) is 34.7 Å². The molecule has 106 valence electrons. The number of carbonyl (C=O) groups excluding carboxylic acids is 1. The smallest absolute Gasteiger partial charge is 0.251 e. The Kier molecular flexibility index (Phi) is 2.64. The van der Waals surface area contributed by atoms with Crippen LogP contribution in [-0.4, -0.2) is 18.7 Å². The molecule has 0 saturated carbocycles. The second kappa shape index (κ2) is 4.52. The second-order valence-corrected chi connectivity index (χ2v) is 5.60. The van der Waals surface area contributed by atoms with Gasteiger partial charge in [-0.2, -0.15) is 5.26 Å². The van der Waals surface area contributed by atoms with Gasteiger partial charge < -0.3 is 14.8 Å². The fourth-order valence-corrected chi connectivity index (χ4v) is 3.45.